The fourth-order valence-corrected chi connectivity index (χ4v) is 2.96. The van der Waals surface area contributed by atoms with Crippen molar-refractivity contribution in [1.29, 1.82) is 0 Å². The fourth-order valence-electron chi connectivity index (χ4n) is 2.29. The summed E-state index contributed by atoms with van der Waals surface area (Å²) in [6.45, 7) is 0.766. The Hall–Kier alpha value is -1.40. The smallest absolute Gasteiger partial charge is 0.264 e. The van der Waals surface area contributed by atoms with Gasteiger partial charge >= 0.3 is 0 Å². The molecular weight excluding hydrogens is 264 g/mol. The van der Waals surface area contributed by atoms with Crippen molar-refractivity contribution < 1.29 is 14.7 Å². The summed E-state index contributed by atoms with van der Waals surface area (Å²) in [4.78, 5) is 26.7. The molecule has 2 heterocycles. The van der Waals surface area contributed by atoms with E-state index >= 15 is 0 Å². The van der Waals surface area contributed by atoms with Crippen molar-refractivity contribution in [2.75, 3.05) is 19.7 Å². The van der Waals surface area contributed by atoms with E-state index in [1.807, 2.05) is 11.4 Å². The van der Waals surface area contributed by atoms with E-state index in [2.05, 4.69) is 5.32 Å². The Labute approximate surface area is 116 Å². The molecule has 0 bridgehead atoms. The van der Waals surface area contributed by atoms with E-state index in [0.29, 0.717) is 17.8 Å². The third-order valence-electron chi connectivity index (χ3n) is 3.21. The summed E-state index contributed by atoms with van der Waals surface area (Å²) in [6, 6.07) is 3.21. The van der Waals surface area contributed by atoms with Gasteiger partial charge in [0.05, 0.1) is 11.5 Å². The van der Waals surface area contributed by atoms with Crippen LogP contribution in [-0.2, 0) is 4.79 Å². The van der Waals surface area contributed by atoms with Crippen molar-refractivity contribution in [2.24, 2.45) is 0 Å². The SMILES string of the molecule is O=C(NCCO)C1CCCCN1C(=O)c1cccs1. The van der Waals surface area contributed by atoms with Gasteiger partial charge in [0.15, 0.2) is 0 Å². The molecule has 0 spiro atoms. The topological polar surface area (TPSA) is 69.6 Å². The third-order valence-corrected chi connectivity index (χ3v) is 4.07. The summed E-state index contributed by atoms with van der Waals surface area (Å²) in [7, 11) is 0. The minimum Gasteiger partial charge on any atom is -0.395 e. The molecule has 2 N–H and O–H groups in total. The lowest BCUT2D eigenvalue weighted by Gasteiger charge is -2.34. The van der Waals surface area contributed by atoms with Crippen LogP contribution in [0.1, 0.15) is 28.9 Å². The predicted octanol–water partition coefficient (Wildman–Crippen LogP) is 0.851. The number of hydrogen-bond donors (Lipinski definition) is 2. The zero-order valence-corrected chi connectivity index (χ0v) is 11.5. The Morgan fingerprint density at radius 2 is 2.32 bits per heavy atom. The molecule has 2 amide bonds. The van der Waals surface area contributed by atoms with Gasteiger partial charge in [0, 0.05) is 13.1 Å². The van der Waals surface area contributed by atoms with Crippen molar-refractivity contribution in [1.82, 2.24) is 10.2 Å². The lowest BCUT2D eigenvalue weighted by Crippen LogP contribution is -2.52. The van der Waals surface area contributed by atoms with Gasteiger partial charge in [-0.2, -0.15) is 0 Å². The Morgan fingerprint density at radius 1 is 1.47 bits per heavy atom. The maximum absolute atomic E-state index is 12.4. The summed E-state index contributed by atoms with van der Waals surface area (Å²) < 4.78 is 0. The zero-order chi connectivity index (χ0) is 13.7. The average molecular weight is 282 g/mol. The molecule has 0 aliphatic carbocycles. The first-order valence-electron chi connectivity index (χ1n) is 6.47. The van der Waals surface area contributed by atoms with Gasteiger partial charge in [-0.3, -0.25) is 9.59 Å². The number of amides is 2. The number of thiophene rings is 1. The van der Waals surface area contributed by atoms with Gasteiger partial charge in [-0.25, -0.2) is 0 Å². The number of nitrogens with zero attached hydrogens (tertiary/aromatic N) is 1. The van der Waals surface area contributed by atoms with Crippen molar-refractivity contribution in [3.63, 3.8) is 0 Å². The van der Waals surface area contributed by atoms with Crippen molar-refractivity contribution in [3.05, 3.63) is 22.4 Å². The van der Waals surface area contributed by atoms with Crippen LogP contribution in [0.15, 0.2) is 17.5 Å². The second-order valence-corrected chi connectivity index (χ2v) is 5.45. The third kappa shape index (κ3) is 3.33. The normalized spacial score (nSPS) is 19.2. The minimum absolute atomic E-state index is 0.0705. The van der Waals surface area contributed by atoms with Gasteiger partial charge < -0.3 is 15.3 Å². The minimum atomic E-state index is -0.408. The Balaban J connectivity index is 2.07. The van der Waals surface area contributed by atoms with Crippen LogP contribution in [0.2, 0.25) is 0 Å². The molecule has 1 saturated heterocycles. The number of aliphatic hydroxyl groups is 1. The van der Waals surface area contributed by atoms with Crippen LogP contribution in [0.3, 0.4) is 0 Å². The summed E-state index contributed by atoms with van der Waals surface area (Å²) in [5, 5.41) is 13.3. The van der Waals surface area contributed by atoms with E-state index in [1.54, 1.807) is 11.0 Å². The first-order chi connectivity index (χ1) is 9.24. The lowest BCUT2D eigenvalue weighted by atomic mass is 10.0. The highest BCUT2D eigenvalue weighted by molar-refractivity contribution is 7.12. The second-order valence-electron chi connectivity index (χ2n) is 4.50. The van der Waals surface area contributed by atoms with Crippen LogP contribution in [-0.4, -0.2) is 47.6 Å². The fraction of sp³-hybridized carbons (Fsp3) is 0.538. The van der Waals surface area contributed by atoms with E-state index in [4.69, 9.17) is 5.11 Å². The summed E-state index contributed by atoms with van der Waals surface area (Å²) >= 11 is 1.39. The monoisotopic (exact) mass is 282 g/mol. The number of carbonyl (C=O) groups excluding carboxylic acids is 2. The number of nitrogens with one attached hydrogen (secondary N) is 1. The van der Waals surface area contributed by atoms with Gasteiger partial charge in [-0.15, -0.1) is 11.3 Å². The maximum Gasteiger partial charge on any atom is 0.264 e. The highest BCUT2D eigenvalue weighted by atomic mass is 32.1. The molecule has 6 heteroatoms. The van der Waals surface area contributed by atoms with Gasteiger partial charge in [-0.1, -0.05) is 6.07 Å². The first kappa shape index (κ1) is 14.0. The molecule has 1 aromatic rings. The highest BCUT2D eigenvalue weighted by Gasteiger charge is 2.32. The zero-order valence-electron chi connectivity index (χ0n) is 10.7. The summed E-state index contributed by atoms with van der Waals surface area (Å²) in [5.74, 6) is -0.238. The second kappa shape index (κ2) is 6.68. The molecule has 104 valence electrons. The summed E-state index contributed by atoms with van der Waals surface area (Å²) in [5.41, 5.74) is 0. The van der Waals surface area contributed by atoms with Crippen LogP contribution in [0, 0.1) is 0 Å². The first-order valence-corrected chi connectivity index (χ1v) is 7.35. The molecule has 2 rings (SSSR count). The molecule has 1 unspecified atom stereocenters. The Bertz CT molecular complexity index is 433. The van der Waals surface area contributed by atoms with Gasteiger partial charge in [0.25, 0.3) is 5.91 Å². The Morgan fingerprint density at radius 3 is 3.00 bits per heavy atom. The average Bonchev–Trinajstić information content (AvgIpc) is 2.98. The highest BCUT2D eigenvalue weighted by Crippen LogP contribution is 2.21. The van der Waals surface area contributed by atoms with Crippen molar-refractivity contribution >= 4 is 23.2 Å². The molecule has 1 aromatic heterocycles. The molecule has 1 fully saturated rings. The van der Waals surface area contributed by atoms with E-state index < -0.39 is 6.04 Å². The molecule has 0 radical (unpaired) electrons. The van der Waals surface area contributed by atoms with Gasteiger partial charge in [0.2, 0.25) is 5.91 Å². The quantitative estimate of drug-likeness (QED) is 0.860. The number of likely N-dealkylation sites (tertiary alicyclic amines) is 1. The number of rotatable bonds is 4. The van der Waals surface area contributed by atoms with Crippen LogP contribution in [0.5, 0.6) is 0 Å². The van der Waals surface area contributed by atoms with Gasteiger partial charge in [0.1, 0.15) is 6.04 Å². The van der Waals surface area contributed by atoms with Crippen LogP contribution < -0.4 is 5.32 Å². The van der Waals surface area contributed by atoms with Crippen molar-refractivity contribution in [3.8, 4) is 0 Å². The van der Waals surface area contributed by atoms with E-state index in [9.17, 15) is 9.59 Å². The molecule has 0 saturated carbocycles. The molecular formula is C13H18N2O3S. The maximum atomic E-state index is 12.4. The number of aliphatic hydroxyl groups excluding tert-OH is 1. The number of hydrogen-bond acceptors (Lipinski definition) is 4. The number of carbonyl (C=O) groups is 2. The van der Waals surface area contributed by atoms with Crippen LogP contribution in [0.25, 0.3) is 0 Å². The Kier molecular flexibility index (Phi) is 4.93. The summed E-state index contributed by atoms with van der Waals surface area (Å²) in [6.07, 6.45) is 2.57. The predicted molar refractivity (Wildman–Crippen MR) is 73.1 cm³/mol. The van der Waals surface area contributed by atoms with E-state index in [-0.39, 0.29) is 25.0 Å². The molecule has 1 atom stereocenters. The number of piperidine rings is 1. The molecule has 1 aliphatic heterocycles. The molecule has 0 aromatic carbocycles. The van der Waals surface area contributed by atoms with Crippen molar-refractivity contribution in [2.45, 2.75) is 25.3 Å². The molecule has 5 nitrogen and oxygen atoms in total. The largest absolute Gasteiger partial charge is 0.395 e. The van der Waals surface area contributed by atoms with E-state index in [0.717, 1.165) is 12.8 Å². The lowest BCUT2D eigenvalue weighted by molar-refractivity contribution is -0.126. The van der Waals surface area contributed by atoms with Gasteiger partial charge in [-0.05, 0) is 30.7 Å². The molecule has 19 heavy (non-hydrogen) atoms. The molecule has 1 aliphatic rings. The van der Waals surface area contributed by atoms with Crippen LogP contribution >= 0.6 is 11.3 Å². The van der Waals surface area contributed by atoms with E-state index in [1.165, 1.54) is 11.3 Å². The standard InChI is InChI=1S/C13H18N2O3S/c16-8-6-14-12(17)10-4-1-2-7-15(10)13(18)11-5-3-9-19-11/h3,5,9-10,16H,1-2,4,6-8H2,(H,14,17). The van der Waals surface area contributed by atoms with Crippen LogP contribution in [0.4, 0.5) is 0 Å².